The maximum atomic E-state index is 13.4. The van der Waals surface area contributed by atoms with E-state index in [4.69, 9.17) is 5.73 Å². The predicted molar refractivity (Wildman–Crippen MR) is 168 cm³/mol. The summed E-state index contributed by atoms with van der Waals surface area (Å²) in [4.78, 5) is 38.5. The Kier molecular flexibility index (Phi) is 11.6. The number of aliphatic carboxylic acids is 1. The van der Waals surface area contributed by atoms with Crippen LogP contribution >= 0.6 is 67.8 Å². The summed E-state index contributed by atoms with van der Waals surface area (Å²) < 4.78 is 2.84. The summed E-state index contributed by atoms with van der Waals surface area (Å²) in [6.45, 7) is 0. The Labute approximate surface area is 256 Å². The number of hydrogen-bond donors (Lipinski definition) is 4. The van der Waals surface area contributed by atoms with Gasteiger partial charge in [-0.1, -0.05) is 54.6 Å². The third kappa shape index (κ3) is 8.89. The zero-order chi connectivity index (χ0) is 26.9. The summed E-state index contributed by atoms with van der Waals surface area (Å²) in [5, 5.41) is 15.2. The Morgan fingerprint density at radius 1 is 0.649 bits per heavy atom. The highest BCUT2D eigenvalue weighted by Crippen LogP contribution is 2.17. The van der Waals surface area contributed by atoms with E-state index in [1.54, 1.807) is 0 Å². The van der Waals surface area contributed by atoms with Crippen molar-refractivity contribution < 1.29 is 19.5 Å². The molecule has 37 heavy (non-hydrogen) atoms. The van der Waals surface area contributed by atoms with Gasteiger partial charge in [0, 0.05) is 23.6 Å². The first-order valence-electron chi connectivity index (χ1n) is 11.4. The minimum atomic E-state index is -1.16. The summed E-state index contributed by atoms with van der Waals surface area (Å²) in [6.07, 6.45) is 0.628. The van der Waals surface area contributed by atoms with Crippen molar-refractivity contribution in [1.29, 1.82) is 0 Å². The summed E-state index contributed by atoms with van der Waals surface area (Å²) >= 11 is 6.51. The van der Waals surface area contributed by atoms with Gasteiger partial charge in [0.25, 0.3) is 0 Å². The molecule has 0 aliphatic rings. The van der Waals surface area contributed by atoms with Gasteiger partial charge in [-0.3, -0.25) is 9.59 Å². The molecule has 3 aromatic rings. The van der Waals surface area contributed by atoms with E-state index in [1.807, 2.05) is 72.8 Å². The van der Waals surface area contributed by atoms with Crippen molar-refractivity contribution in [2.24, 2.45) is 5.73 Å². The van der Waals surface area contributed by atoms with Crippen molar-refractivity contribution in [2.45, 2.75) is 37.4 Å². The van der Waals surface area contributed by atoms with Gasteiger partial charge in [0.05, 0.1) is 6.04 Å². The van der Waals surface area contributed by atoms with Crippen LogP contribution in [0.15, 0.2) is 72.8 Å². The van der Waals surface area contributed by atoms with E-state index < -0.39 is 35.9 Å². The number of nitrogens with one attached hydrogen (secondary N) is 2. The molecule has 0 spiro atoms. The number of nitrogens with two attached hydrogens (primary N) is 1. The fourth-order valence-corrected chi connectivity index (χ4v) is 5.54. The van der Waals surface area contributed by atoms with E-state index in [0.29, 0.717) is 6.42 Å². The van der Waals surface area contributed by atoms with E-state index >= 15 is 0 Å². The van der Waals surface area contributed by atoms with Gasteiger partial charge in [-0.2, -0.15) is 0 Å². The van der Waals surface area contributed by atoms with Crippen LogP contribution in [-0.4, -0.2) is 41.0 Å². The topological polar surface area (TPSA) is 122 Å². The van der Waals surface area contributed by atoms with E-state index in [9.17, 15) is 19.5 Å². The highest BCUT2D eigenvalue weighted by molar-refractivity contribution is 14.1. The molecule has 0 bridgehead atoms. The lowest BCUT2D eigenvalue weighted by Gasteiger charge is -2.24. The first-order chi connectivity index (χ1) is 17.7. The van der Waals surface area contributed by atoms with Crippen LogP contribution in [0, 0.1) is 10.7 Å². The number of rotatable bonds is 11. The SMILES string of the molecule is N[C@@H](Cc1ccccc1I)C(=O)N[C@@H](Cc1ccccc1I)C(=O)N[C@@H](Cc1ccccc1I)C(=O)O. The molecule has 194 valence electrons. The maximum absolute atomic E-state index is 13.4. The van der Waals surface area contributed by atoms with E-state index in [2.05, 4.69) is 78.4 Å². The largest absolute Gasteiger partial charge is 0.480 e. The molecule has 0 aliphatic carbocycles. The Bertz CT molecular complexity index is 1270. The summed E-state index contributed by atoms with van der Waals surface area (Å²) in [5.41, 5.74) is 8.83. The zero-order valence-corrected chi connectivity index (χ0v) is 26.1. The molecule has 5 N–H and O–H groups in total. The van der Waals surface area contributed by atoms with Crippen LogP contribution in [0.3, 0.4) is 0 Å². The standard InChI is InChI=1S/C27H26I3N3O4/c28-19-10-4-1-7-16(19)13-22(31)25(34)32-23(14-17-8-2-5-11-20(17)29)26(35)33-24(27(36)37)15-18-9-3-6-12-21(18)30/h1-12,22-24H,13-15,31H2,(H,32,34)(H,33,35)(H,36,37)/t22-,23-,24-/m0/s1. The van der Waals surface area contributed by atoms with Crippen LogP contribution in [-0.2, 0) is 33.6 Å². The van der Waals surface area contributed by atoms with Crippen molar-refractivity contribution in [3.8, 4) is 0 Å². The van der Waals surface area contributed by atoms with Crippen molar-refractivity contribution in [1.82, 2.24) is 10.6 Å². The highest BCUT2D eigenvalue weighted by Gasteiger charge is 2.29. The van der Waals surface area contributed by atoms with Gasteiger partial charge < -0.3 is 21.5 Å². The van der Waals surface area contributed by atoms with Crippen molar-refractivity contribution in [3.05, 3.63) is 100 Å². The van der Waals surface area contributed by atoms with E-state index in [-0.39, 0.29) is 12.8 Å². The molecule has 0 saturated heterocycles. The van der Waals surface area contributed by atoms with Gasteiger partial charge in [0.2, 0.25) is 11.8 Å². The van der Waals surface area contributed by atoms with Crippen LogP contribution in [0.1, 0.15) is 16.7 Å². The molecule has 0 unspecified atom stereocenters. The molecule has 3 aromatic carbocycles. The number of carboxylic acids is 1. The van der Waals surface area contributed by atoms with Crippen LogP contribution in [0.25, 0.3) is 0 Å². The molecule has 0 heterocycles. The maximum Gasteiger partial charge on any atom is 0.326 e. The first-order valence-corrected chi connectivity index (χ1v) is 14.7. The number of amides is 2. The number of carbonyl (C=O) groups excluding carboxylic acids is 2. The van der Waals surface area contributed by atoms with Crippen molar-refractivity contribution in [3.63, 3.8) is 0 Å². The second-order valence-corrected chi connectivity index (χ2v) is 11.9. The molecule has 0 aromatic heterocycles. The molecule has 0 fully saturated rings. The lowest BCUT2D eigenvalue weighted by molar-refractivity contribution is -0.142. The third-order valence-corrected chi connectivity index (χ3v) is 8.90. The predicted octanol–water partition coefficient (Wildman–Crippen LogP) is 3.91. The minimum Gasteiger partial charge on any atom is -0.480 e. The average Bonchev–Trinajstić information content (AvgIpc) is 2.86. The Morgan fingerprint density at radius 3 is 1.46 bits per heavy atom. The lowest BCUT2D eigenvalue weighted by atomic mass is 10.0. The fourth-order valence-electron chi connectivity index (χ4n) is 3.72. The molecule has 0 aliphatic heterocycles. The van der Waals surface area contributed by atoms with Gasteiger partial charge >= 0.3 is 5.97 Å². The van der Waals surface area contributed by atoms with E-state index in [1.165, 1.54) is 0 Å². The fraction of sp³-hybridized carbons (Fsp3) is 0.222. The molecule has 7 nitrogen and oxygen atoms in total. The molecule has 0 radical (unpaired) electrons. The minimum absolute atomic E-state index is 0.121. The molecule has 2 amide bonds. The number of halogens is 3. The molecule has 3 atom stereocenters. The lowest BCUT2D eigenvalue weighted by Crippen LogP contribution is -2.56. The number of benzene rings is 3. The van der Waals surface area contributed by atoms with Gasteiger partial charge in [-0.05, 0) is 109 Å². The molecular weight excluding hydrogens is 811 g/mol. The summed E-state index contributed by atoms with van der Waals surface area (Å²) in [5.74, 6) is -2.20. The van der Waals surface area contributed by atoms with Gasteiger partial charge in [-0.15, -0.1) is 0 Å². The number of carbonyl (C=O) groups is 3. The zero-order valence-electron chi connectivity index (χ0n) is 19.7. The van der Waals surface area contributed by atoms with Crippen molar-refractivity contribution in [2.75, 3.05) is 0 Å². The van der Waals surface area contributed by atoms with Gasteiger partial charge in [0.15, 0.2) is 0 Å². The molecular formula is C27H26I3N3O4. The van der Waals surface area contributed by atoms with Gasteiger partial charge in [-0.25, -0.2) is 4.79 Å². The van der Waals surface area contributed by atoms with Crippen LogP contribution in [0.2, 0.25) is 0 Å². The second kappa shape index (κ2) is 14.4. The Balaban J connectivity index is 1.79. The summed E-state index contributed by atoms with van der Waals surface area (Å²) in [7, 11) is 0. The monoisotopic (exact) mass is 837 g/mol. The van der Waals surface area contributed by atoms with Crippen LogP contribution < -0.4 is 16.4 Å². The Hall–Kier alpha value is -1.78. The van der Waals surface area contributed by atoms with Crippen LogP contribution in [0.4, 0.5) is 0 Å². The van der Waals surface area contributed by atoms with Gasteiger partial charge in [0.1, 0.15) is 12.1 Å². The molecule has 0 saturated carbocycles. The second-order valence-electron chi connectivity index (χ2n) is 8.45. The quantitative estimate of drug-likeness (QED) is 0.219. The first kappa shape index (κ1) is 29.8. The number of carboxylic acid groups (broad SMARTS) is 1. The molecule has 3 rings (SSSR count). The number of hydrogen-bond acceptors (Lipinski definition) is 4. The highest BCUT2D eigenvalue weighted by atomic mass is 127. The molecule has 10 heteroatoms. The van der Waals surface area contributed by atoms with Crippen LogP contribution in [0.5, 0.6) is 0 Å². The normalized spacial score (nSPS) is 13.3. The van der Waals surface area contributed by atoms with E-state index in [0.717, 1.165) is 27.4 Å². The smallest absolute Gasteiger partial charge is 0.326 e. The third-order valence-electron chi connectivity index (χ3n) is 5.75. The summed E-state index contributed by atoms with van der Waals surface area (Å²) in [6, 6.07) is 19.6. The van der Waals surface area contributed by atoms with Crippen molar-refractivity contribution >= 4 is 85.6 Å². The Morgan fingerprint density at radius 2 is 1.03 bits per heavy atom. The average molecular weight is 837 g/mol.